The van der Waals surface area contributed by atoms with Gasteiger partial charge in [-0.2, -0.15) is 0 Å². The zero-order valence-corrected chi connectivity index (χ0v) is 8.97. The van der Waals surface area contributed by atoms with Crippen LogP contribution in [0.25, 0.3) is 5.57 Å². The Balaban J connectivity index is 3.45. The maximum atomic E-state index is 10.9. The van der Waals surface area contributed by atoms with E-state index in [2.05, 4.69) is 6.58 Å². The molecule has 0 saturated carbocycles. The highest BCUT2D eigenvalue weighted by Crippen LogP contribution is 2.38. The predicted molar refractivity (Wildman–Crippen MR) is 59.5 cm³/mol. The van der Waals surface area contributed by atoms with Crippen LogP contribution in [0.2, 0.25) is 0 Å². The van der Waals surface area contributed by atoms with E-state index in [1.54, 1.807) is 0 Å². The van der Waals surface area contributed by atoms with E-state index in [-0.39, 0.29) is 16.9 Å². The van der Waals surface area contributed by atoms with Gasteiger partial charge in [-0.15, -0.1) is 0 Å². The first-order valence-corrected chi connectivity index (χ1v) is 4.43. The molecule has 1 rings (SSSR count). The lowest BCUT2D eigenvalue weighted by molar-refractivity contribution is -0.386. The Bertz CT molecular complexity index is 510. The molecule has 90 valence electrons. The molecule has 7 heteroatoms. The number of nitro groups is 1. The number of carbonyl (C=O) groups is 1. The van der Waals surface area contributed by atoms with Gasteiger partial charge in [0.2, 0.25) is 11.7 Å². The molecule has 1 aromatic carbocycles. The molecule has 0 aliphatic rings. The van der Waals surface area contributed by atoms with Crippen molar-refractivity contribution < 1.29 is 19.6 Å². The largest absolute Gasteiger partial charge is 0.500 e. The molecule has 0 heterocycles. The van der Waals surface area contributed by atoms with Gasteiger partial charge in [0.25, 0.3) is 0 Å². The van der Waals surface area contributed by atoms with Crippen molar-refractivity contribution >= 4 is 17.2 Å². The minimum Gasteiger partial charge on any atom is -0.500 e. The highest BCUT2D eigenvalue weighted by atomic mass is 16.6. The third kappa shape index (κ3) is 2.33. The van der Waals surface area contributed by atoms with Crippen molar-refractivity contribution in [1.82, 2.24) is 0 Å². The molecule has 0 aliphatic heterocycles. The number of amides is 1. The van der Waals surface area contributed by atoms with Crippen molar-refractivity contribution in [1.29, 1.82) is 0 Å². The molecule has 0 radical (unpaired) electrons. The number of nitrogens with zero attached hydrogens (tertiary/aromatic N) is 1. The molecule has 0 unspecified atom stereocenters. The standard InChI is InChI=1S/C10H10N2O5/c1-5(10(11)14)6-3-7(12(15)16)9(13)8(4-6)17-2/h3-4,13H,1H2,2H3,(H2,11,14). The summed E-state index contributed by atoms with van der Waals surface area (Å²) in [6.45, 7) is 3.40. The Hall–Kier alpha value is -2.57. The number of methoxy groups -OCH3 is 1. The quantitative estimate of drug-likeness (QED) is 0.457. The number of hydrogen-bond donors (Lipinski definition) is 2. The number of rotatable bonds is 4. The van der Waals surface area contributed by atoms with Crippen molar-refractivity contribution in [2.24, 2.45) is 5.73 Å². The van der Waals surface area contributed by atoms with E-state index >= 15 is 0 Å². The number of hydrogen-bond acceptors (Lipinski definition) is 5. The van der Waals surface area contributed by atoms with Gasteiger partial charge >= 0.3 is 5.69 Å². The zero-order valence-electron chi connectivity index (χ0n) is 8.97. The average Bonchev–Trinajstić information content (AvgIpc) is 2.27. The van der Waals surface area contributed by atoms with Crippen molar-refractivity contribution in [2.45, 2.75) is 0 Å². The maximum Gasteiger partial charge on any atom is 0.315 e. The van der Waals surface area contributed by atoms with Gasteiger partial charge in [-0.1, -0.05) is 6.58 Å². The second-order valence-corrected chi connectivity index (χ2v) is 3.15. The normalized spacial score (nSPS) is 9.71. The van der Waals surface area contributed by atoms with Crippen LogP contribution in [-0.2, 0) is 4.79 Å². The number of phenols is 1. The lowest BCUT2D eigenvalue weighted by Gasteiger charge is -2.07. The molecule has 0 fully saturated rings. The fourth-order valence-electron chi connectivity index (χ4n) is 1.20. The second kappa shape index (κ2) is 4.52. The topological polar surface area (TPSA) is 116 Å². The van der Waals surface area contributed by atoms with E-state index in [1.807, 2.05) is 0 Å². The SMILES string of the molecule is C=C(C(N)=O)c1cc(OC)c(O)c([N+](=O)[O-])c1. The van der Waals surface area contributed by atoms with Gasteiger partial charge in [-0.3, -0.25) is 14.9 Å². The molecule has 1 amide bonds. The Kier molecular flexibility index (Phi) is 3.32. The number of nitro benzene ring substituents is 1. The highest BCUT2D eigenvalue weighted by Gasteiger charge is 2.21. The van der Waals surface area contributed by atoms with Crippen molar-refractivity contribution in [3.05, 3.63) is 34.4 Å². The summed E-state index contributed by atoms with van der Waals surface area (Å²) in [6, 6.07) is 2.25. The first kappa shape index (κ1) is 12.5. The molecule has 1 aromatic rings. The van der Waals surface area contributed by atoms with E-state index in [0.717, 1.165) is 6.07 Å². The number of primary amides is 1. The number of ether oxygens (including phenoxy) is 1. The average molecular weight is 238 g/mol. The van der Waals surface area contributed by atoms with Gasteiger partial charge in [-0.25, -0.2) is 0 Å². The summed E-state index contributed by atoms with van der Waals surface area (Å²) in [5.41, 5.74) is 4.45. The van der Waals surface area contributed by atoms with Gasteiger partial charge in [0.1, 0.15) is 0 Å². The molecule has 7 nitrogen and oxygen atoms in total. The van der Waals surface area contributed by atoms with Crippen LogP contribution in [0.1, 0.15) is 5.56 Å². The van der Waals surface area contributed by atoms with Gasteiger partial charge in [-0.05, 0) is 11.6 Å². The summed E-state index contributed by atoms with van der Waals surface area (Å²) >= 11 is 0. The lowest BCUT2D eigenvalue weighted by atomic mass is 10.1. The molecule has 0 aliphatic carbocycles. The first-order valence-electron chi connectivity index (χ1n) is 4.43. The number of benzene rings is 1. The van der Waals surface area contributed by atoms with Crippen LogP contribution in [0.4, 0.5) is 5.69 Å². The van der Waals surface area contributed by atoms with Crippen LogP contribution in [-0.4, -0.2) is 23.0 Å². The minimum absolute atomic E-state index is 0.105. The van der Waals surface area contributed by atoms with Gasteiger partial charge in [0.05, 0.1) is 12.0 Å². The Morgan fingerprint density at radius 3 is 2.59 bits per heavy atom. The Morgan fingerprint density at radius 2 is 2.18 bits per heavy atom. The van der Waals surface area contributed by atoms with Crippen LogP contribution >= 0.6 is 0 Å². The summed E-state index contributed by atoms with van der Waals surface area (Å²) in [5, 5.41) is 20.2. The molecule has 17 heavy (non-hydrogen) atoms. The molecular weight excluding hydrogens is 228 g/mol. The summed E-state index contributed by atoms with van der Waals surface area (Å²) in [7, 11) is 1.23. The molecule has 0 bridgehead atoms. The third-order valence-electron chi connectivity index (χ3n) is 2.12. The zero-order chi connectivity index (χ0) is 13.2. The molecule has 0 aromatic heterocycles. The van der Waals surface area contributed by atoms with E-state index in [4.69, 9.17) is 10.5 Å². The summed E-state index contributed by atoms with van der Waals surface area (Å²) in [5.74, 6) is -1.55. The van der Waals surface area contributed by atoms with Gasteiger partial charge < -0.3 is 15.6 Å². The molecular formula is C10H10N2O5. The predicted octanol–water partition coefficient (Wildman–Crippen LogP) is 0.807. The third-order valence-corrected chi connectivity index (χ3v) is 2.12. The molecule has 0 saturated heterocycles. The molecule has 0 spiro atoms. The van der Waals surface area contributed by atoms with E-state index in [9.17, 15) is 20.0 Å². The summed E-state index contributed by atoms with van der Waals surface area (Å²) in [4.78, 5) is 20.8. The first-order chi connectivity index (χ1) is 7.88. The molecule has 0 atom stereocenters. The maximum absolute atomic E-state index is 10.9. The highest BCUT2D eigenvalue weighted by molar-refractivity contribution is 6.18. The number of aromatic hydroxyl groups is 1. The summed E-state index contributed by atoms with van der Waals surface area (Å²) in [6.07, 6.45) is 0. The van der Waals surface area contributed by atoms with Crippen LogP contribution in [0.15, 0.2) is 18.7 Å². The van der Waals surface area contributed by atoms with Crippen LogP contribution in [0.5, 0.6) is 11.5 Å². The summed E-state index contributed by atoms with van der Waals surface area (Å²) < 4.78 is 4.76. The minimum atomic E-state index is -0.813. The van der Waals surface area contributed by atoms with Crippen LogP contribution in [0, 0.1) is 10.1 Å². The fourth-order valence-corrected chi connectivity index (χ4v) is 1.20. The van der Waals surface area contributed by atoms with Crippen molar-refractivity contribution in [2.75, 3.05) is 7.11 Å². The monoisotopic (exact) mass is 238 g/mol. The van der Waals surface area contributed by atoms with E-state index < -0.39 is 22.3 Å². The Labute approximate surface area is 96.3 Å². The van der Waals surface area contributed by atoms with Crippen LogP contribution < -0.4 is 10.5 Å². The smallest absolute Gasteiger partial charge is 0.315 e. The number of nitrogens with two attached hydrogens (primary N) is 1. The Morgan fingerprint density at radius 1 is 1.59 bits per heavy atom. The van der Waals surface area contributed by atoms with E-state index in [1.165, 1.54) is 13.2 Å². The van der Waals surface area contributed by atoms with Gasteiger partial charge in [0, 0.05) is 11.6 Å². The fraction of sp³-hybridized carbons (Fsp3) is 0.100. The van der Waals surface area contributed by atoms with Crippen molar-refractivity contribution in [3.8, 4) is 11.5 Å². The lowest BCUT2D eigenvalue weighted by Crippen LogP contribution is -2.12. The van der Waals surface area contributed by atoms with E-state index in [0.29, 0.717) is 0 Å². The molecule has 3 N–H and O–H groups in total. The second-order valence-electron chi connectivity index (χ2n) is 3.15. The van der Waals surface area contributed by atoms with Gasteiger partial charge in [0.15, 0.2) is 5.75 Å². The van der Waals surface area contributed by atoms with Crippen molar-refractivity contribution in [3.63, 3.8) is 0 Å². The van der Waals surface area contributed by atoms with Crippen LogP contribution in [0.3, 0.4) is 0 Å². The number of carbonyl (C=O) groups excluding carboxylic acids is 1. The number of phenolic OH excluding ortho intramolecular Hbond substituents is 1.